The van der Waals surface area contributed by atoms with Crippen LogP contribution in [0, 0.1) is 0 Å². The second-order valence-corrected chi connectivity index (χ2v) is 5.56. The van der Waals surface area contributed by atoms with Gasteiger partial charge in [0.1, 0.15) is 11.8 Å². The maximum atomic E-state index is 12.5. The topological polar surface area (TPSA) is 41.6 Å². The molecule has 1 atom stereocenters. The molecular weight excluding hydrogens is 264 g/mol. The molecule has 1 aliphatic heterocycles. The molecule has 0 aliphatic carbocycles. The Morgan fingerprint density at radius 3 is 2.38 bits per heavy atom. The molecule has 116 valence electrons. The summed E-state index contributed by atoms with van der Waals surface area (Å²) in [6.45, 7) is 6.36. The van der Waals surface area contributed by atoms with Gasteiger partial charge in [-0.3, -0.25) is 4.79 Å². The fourth-order valence-electron chi connectivity index (χ4n) is 2.69. The molecule has 1 N–H and O–H groups in total. The van der Waals surface area contributed by atoms with Crippen LogP contribution in [0.3, 0.4) is 0 Å². The summed E-state index contributed by atoms with van der Waals surface area (Å²) < 4.78 is 5.42. The van der Waals surface area contributed by atoms with Gasteiger partial charge in [-0.1, -0.05) is 12.8 Å². The van der Waals surface area contributed by atoms with Crippen molar-refractivity contribution in [2.45, 2.75) is 45.6 Å². The SMILES string of the molecule is CCOc1ccc(NC(C)C(=O)N2CCCCCC2)cc1. The Bertz CT molecular complexity index is 437. The van der Waals surface area contributed by atoms with E-state index in [2.05, 4.69) is 5.32 Å². The number of amides is 1. The Morgan fingerprint density at radius 2 is 1.81 bits per heavy atom. The fraction of sp³-hybridized carbons (Fsp3) is 0.588. The van der Waals surface area contributed by atoms with E-state index in [0.717, 1.165) is 37.4 Å². The van der Waals surface area contributed by atoms with E-state index in [-0.39, 0.29) is 11.9 Å². The molecule has 1 amide bonds. The van der Waals surface area contributed by atoms with Crippen LogP contribution in [0.4, 0.5) is 5.69 Å². The van der Waals surface area contributed by atoms with Crippen molar-refractivity contribution in [3.8, 4) is 5.75 Å². The van der Waals surface area contributed by atoms with E-state index in [1.54, 1.807) is 0 Å². The van der Waals surface area contributed by atoms with E-state index in [1.165, 1.54) is 12.8 Å². The van der Waals surface area contributed by atoms with Crippen LogP contribution >= 0.6 is 0 Å². The molecule has 4 nitrogen and oxygen atoms in total. The lowest BCUT2D eigenvalue weighted by atomic mass is 10.2. The van der Waals surface area contributed by atoms with Crippen LogP contribution in [0.5, 0.6) is 5.75 Å². The predicted octanol–water partition coefficient (Wildman–Crippen LogP) is 3.29. The van der Waals surface area contributed by atoms with E-state index in [0.29, 0.717) is 6.61 Å². The standard InChI is InChI=1S/C17H26N2O2/c1-3-21-16-10-8-15(9-11-16)18-14(2)17(20)19-12-6-4-5-7-13-19/h8-11,14,18H,3-7,12-13H2,1-2H3. The summed E-state index contributed by atoms with van der Waals surface area (Å²) in [5, 5.41) is 3.28. The quantitative estimate of drug-likeness (QED) is 0.904. The van der Waals surface area contributed by atoms with E-state index < -0.39 is 0 Å². The van der Waals surface area contributed by atoms with Crippen molar-refractivity contribution in [3.05, 3.63) is 24.3 Å². The van der Waals surface area contributed by atoms with Gasteiger partial charge in [0.2, 0.25) is 5.91 Å². The van der Waals surface area contributed by atoms with Gasteiger partial charge >= 0.3 is 0 Å². The second-order valence-electron chi connectivity index (χ2n) is 5.56. The fourth-order valence-corrected chi connectivity index (χ4v) is 2.69. The Kier molecular flexibility index (Phi) is 5.90. The first-order valence-corrected chi connectivity index (χ1v) is 7.99. The van der Waals surface area contributed by atoms with Gasteiger partial charge < -0.3 is 15.0 Å². The Labute approximate surface area is 127 Å². The molecule has 1 aromatic rings. The van der Waals surface area contributed by atoms with Gasteiger partial charge in [0.25, 0.3) is 0 Å². The first-order valence-electron chi connectivity index (χ1n) is 7.99. The van der Waals surface area contributed by atoms with Gasteiger partial charge in [0, 0.05) is 18.8 Å². The second kappa shape index (κ2) is 7.91. The van der Waals surface area contributed by atoms with Gasteiger partial charge in [-0.05, 0) is 51.0 Å². The average Bonchev–Trinajstić information content (AvgIpc) is 2.78. The summed E-state index contributed by atoms with van der Waals surface area (Å²) in [6.07, 6.45) is 4.73. The van der Waals surface area contributed by atoms with E-state index in [4.69, 9.17) is 4.74 Å². The molecule has 1 fully saturated rings. The number of nitrogens with one attached hydrogen (secondary N) is 1. The third-order valence-electron chi connectivity index (χ3n) is 3.84. The number of likely N-dealkylation sites (tertiary alicyclic amines) is 1. The van der Waals surface area contributed by atoms with E-state index in [9.17, 15) is 4.79 Å². The molecular formula is C17H26N2O2. The maximum Gasteiger partial charge on any atom is 0.244 e. The number of hydrogen-bond donors (Lipinski definition) is 1. The molecule has 0 radical (unpaired) electrons. The molecule has 1 aromatic carbocycles. The molecule has 21 heavy (non-hydrogen) atoms. The lowest BCUT2D eigenvalue weighted by Gasteiger charge is -2.25. The number of anilines is 1. The van der Waals surface area contributed by atoms with E-state index in [1.807, 2.05) is 43.0 Å². The van der Waals surface area contributed by atoms with Gasteiger partial charge in [0.05, 0.1) is 6.61 Å². The van der Waals surface area contributed by atoms with Crippen molar-refractivity contribution in [1.29, 1.82) is 0 Å². The van der Waals surface area contributed by atoms with Crippen LogP contribution in [0.25, 0.3) is 0 Å². The van der Waals surface area contributed by atoms with Crippen LogP contribution in [-0.2, 0) is 4.79 Å². The number of benzene rings is 1. The average molecular weight is 290 g/mol. The van der Waals surface area contributed by atoms with Crippen molar-refractivity contribution < 1.29 is 9.53 Å². The molecule has 4 heteroatoms. The predicted molar refractivity (Wildman–Crippen MR) is 85.7 cm³/mol. The third-order valence-corrected chi connectivity index (χ3v) is 3.84. The van der Waals surface area contributed by atoms with Gasteiger partial charge in [-0.25, -0.2) is 0 Å². The number of hydrogen-bond acceptors (Lipinski definition) is 3. The number of carbonyl (C=O) groups excluding carboxylic acids is 1. The Morgan fingerprint density at radius 1 is 1.19 bits per heavy atom. The zero-order chi connectivity index (χ0) is 15.1. The summed E-state index contributed by atoms with van der Waals surface area (Å²) in [7, 11) is 0. The molecule has 2 rings (SSSR count). The molecule has 0 aromatic heterocycles. The van der Waals surface area contributed by atoms with Crippen LogP contribution in [-0.4, -0.2) is 36.5 Å². The monoisotopic (exact) mass is 290 g/mol. The lowest BCUT2D eigenvalue weighted by molar-refractivity contribution is -0.131. The zero-order valence-corrected chi connectivity index (χ0v) is 13.1. The minimum atomic E-state index is -0.193. The molecule has 0 bridgehead atoms. The van der Waals surface area contributed by atoms with Crippen molar-refractivity contribution >= 4 is 11.6 Å². The summed E-state index contributed by atoms with van der Waals surface area (Å²) in [4.78, 5) is 14.5. The Hall–Kier alpha value is -1.71. The minimum absolute atomic E-state index is 0.193. The molecule has 1 saturated heterocycles. The number of nitrogens with zero attached hydrogens (tertiary/aromatic N) is 1. The number of ether oxygens (including phenoxy) is 1. The number of carbonyl (C=O) groups is 1. The molecule has 0 saturated carbocycles. The molecule has 0 spiro atoms. The highest BCUT2D eigenvalue weighted by molar-refractivity contribution is 5.84. The van der Waals surface area contributed by atoms with Crippen molar-refractivity contribution in [2.24, 2.45) is 0 Å². The normalized spacial score (nSPS) is 17.0. The van der Waals surface area contributed by atoms with Gasteiger partial charge in [-0.15, -0.1) is 0 Å². The van der Waals surface area contributed by atoms with Crippen LogP contribution in [0.15, 0.2) is 24.3 Å². The highest BCUT2D eigenvalue weighted by Gasteiger charge is 2.21. The number of rotatable bonds is 5. The zero-order valence-electron chi connectivity index (χ0n) is 13.1. The molecule has 1 heterocycles. The highest BCUT2D eigenvalue weighted by Crippen LogP contribution is 2.17. The smallest absolute Gasteiger partial charge is 0.244 e. The van der Waals surface area contributed by atoms with Crippen LogP contribution in [0.2, 0.25) is 0 Å². The maximum absolute atomic E-state index is 12.5. The first-order chi connectivity index (χ1) is 10.2. The first kappa shape index (κ1) is 15.7. The largest absolute Gasteiger partial charge is 0.494 e. The van der Waals surface area contributed by atoms with E-state index >= 15 is 0 Å². The lowest BCUT2D eigenvalue weighted by Crippen LogP contribution is -2.41. The van der Waals surface area contributed by atoms with Crippen molar-refractivity contribution in [2.75, 3.05) is 25.0 Å². The van der Waals surface area contributed by atoms with Crippen molar-refractivity contribution in [1.82, 2.24) is 4.90 Å². The summed E-state index contributed by atoms with van der Waals surface area (Å²) in [5.74, 6) is 1.06. The third kappa shape index (κ3) is 4.66. The van der Waals surface area contributed by atoms with Gasteiger partial charge in [-0.2, -0.15) is 0 Å². The Balaban J connectivity index is 1.90. The highest BCUT2D eigenvalue weighted by atomic mass is 16.5. The van der Waals surface area contributed by atoms with Crippen LogP contribution < -0.4 is 10.1 Å². The summed E-state index contributed by atoms with van der Waals surface area (Å²) in [6, 6.07) is 7.57. The summed E-state index contributed by atoms with van der Waals surface area (Å²) in [5.41, 5.74) is 0.953. The van der Waals surface area contributed by atoms with Crippen molar-refractivity contribution in [3.63, 3.8) is 0 Å². The molecule has 1 unspecified atom stereocenters. The molecule has 1 aliphatic rings. The van der Waals surface area contributed by atoms with Gasteiger partial charge in [0.15, 0.2) is 0 Å². The summed E-state index contributed by atoms with van der Waals surface area (Å²) >= 11 is 0. The van der Waals surface area contributed by atoms with Crippen LogP contribution in [0.1, 0.15) is 39.5 Å². The minimum Gasteiger partial charge on any atom is -0.494 e.